The van der Waals surface area contributed by atoms with Gasteiger partial charge in [-0.05, 0) is 168 Å². The molecule has 10 aromatic rings. The molecule has 3 heteroatoms. The molecule has 14 rings (SSSR count). The maximum atomic E-state index is 2.49. The Hall–Kier alpha value is -6.42. The molecule has 0 aliphatic heterocycles. The van der Waals surface area contributed by atoms with E-state index in [4.69, 9.17) is 0 Å². The lowest BCUT2D eigenvalue weighted by atomic mass is 9.48. The Kier molecular flexibility index (Phi) is 8.00. The van der Waals surface area contributed by atoms with Gasteiger partial charge in [-0.2, -0.15) is 0 Å². The summed E-state index contributed by atoms with van der Waals surface area (Å²) < 4.78 is 5.07. The normalized spacial score (nSPS) is 20.6. The zero-order chi connectivity index (χ0) is 40.1. The number of hydrogen-bond donors (Lipinski definition) is 0. The van der Waals surface area contributed by atoms with E-state index < -0.39 is 0 Å². The second-order valence-corrected chi connectivity index (χ2v) is 19.5. The summed E-state index contributed by atoms with van der Waals surface area (Å²) in [6.07, 6.45) is 8.57. The van der Waals surface area contributed by atoms with Gasteiger partial charge in [-0.3, -0.25) is 0 Å². The first-order valence-corrected chi connectivity index (χ1v) is 23.1. The molecular weight excluding hydrogens is 757 g/mol. The minimum Gasteiger partial charge on any atom is -0.311 e. The molecule has 4 bridgehead atoms. The van der Waals surface area contributed by atoms with E-state index in [9.17, 15) is 0 Å². The summed E-state index contributed by atoms with van der Waals surface area (Å²) in [5.74, 6) is 2.80. The van der Waals surface area contributed by atoms with E-state index in [0.717, 1.165) is 29.1 Å². The van der Waals surface area contributed by atoms with Gasteiger partial charge in [-0.1, -0.05) is 109 Å². The third-order valence-electron chi connectivity index (χ3n) is 14.8. The Morgan fingerprint density at radius 2 is 0.918 bits per heavy atom. The molecule has 4 aliphatic rings. The van der Waals surface area contributed by atoms with Crippen molar-refractivity contribution >= 4 is 70.4 Å². The van der Waals surface area contributed by atoms with Crippen LogP contribution in [0.3, 0.4) is 0 Å². The highest BCUT2D eigenvalue weighted by Gasteiger charge is 2.51. The minimum absolute atomic E-state index is 0.380. The fourth-order valence-corrected chi connectivity index (χ4v) is 13.5. The van der Waals surface area contributed by atoms with Crippen LogP contribution in [0.2, 0.25) is 0 Å². The molecule has 0 N–H and O–H groups in total. The van der Waals surface area contributed by atoms with Gasteiger partial charge in [0.2, 0.25) is 0 Å². The largest absolute Gasteiger partial charge is 0.311 e. The average Bonchev–Trinajstić information content (AvgIpc) is 3.85. The lowest BCUT2D eigenvalue weighted by molar-refractivity contribution is -0.00518. The average molecular weight is 803 g/mol. The monoisotopic (exact) mass is 802 g/mol. The molecule has 4 aliphatic carbocycles. The maximum absolute atomic E-state index is 2.49. The molecule has 0 spiro atoms. The second kappa shape index (κ2) is 13.8. The molecule has 2 heterocycles. The van der Waals surface area contributed by atoms with Crippen LogP contribution in [0.15, 0.2) is 188 Å². The fourth-order valence-electron chi connectivity index (χ4n) is 12.4. The first-order valence-electron chi connectivity index (χ1n) is 22.2. The van der Waals surface area contributed by atoms with Gasteiger partial charge < -0.3 is 9.47 Å². The van der Waals surface area contributed by atoms with Gasteiger partial charge in [0.1, 0.15) is 0 Å². The van der Waals surface area contributed by atoms with Crippen LogP contribution in [-0.2, 0) is 5.41 Å². The molecule has 0 unspecified atom stereocenters. The zero-order valence-electron chi connectivity index (χ0n) is 34.2. The summed E-state index contributed by atoms with van der Waals surface area (Å²) in [6.45, 7) is 0. The zero-order valence-corrected chi connectivity index (χ0v) is 35.0. The number of rotatable bonds is 7. The molecule has 294 valence electrons. The molecular formula is C58H46N2S. The van der Waals surface area contributed by atoms with Crippen molar-refractivity contribution in [1.29, 1.82) is 0 Å². The number of aromatic nitrogens is 1. The first kappa shape index (κ1) is 35.3. The number of para-hydroxylation sites is 2. The SMILES string of the molecule is c1ccc(-n2c3ccccc3c3cc(-c4ccc(N(c5ccc(-c6ccc7c(c6)sc6ccccc67)cc5)c5ccc(C67CC8CC(CC(C8)C6)C7)cc5)cc4)ccc32)cc1. The van der Waals surface area contributed by atoms with Crippen molar-refractivity contribution in [2.75, 3.05) is 4.90 Å². The summed E-state index contributed by atoms with van der Waals surface area (Å²) in [5.41, 5.74) is 14.0. The number of fused-ring (bicyclic) bond motifs is 6. The third-order valence-corrected chi connectivity index (χ3v) is 15.9. The standard InChI is InChI=1S/C58H46N2S/c1-2-8-46(9-3-1)60-54-12-6-4-10-50(54)53-33-43(19-29-55(53)60)41-14-22-47(23-15-41)59(49-26-20-45(21-27-49)58-35-38-30-39(36-58)32-40(31-38)37-58)48-24-16-42(17-25-48)44-18-28-52-51-11-5-7-13-56(51)61-57(52)34-44/h1-29,33-34,38-40H,30-32,35-37H2. The van der Waals surface area contributed by atoms with Crippen molar-refractivity contribution in [3.05, 3.63) is 194 Å². The van der Waals surface area contributed by atoms with Gasteiger partial charge in [0.25, 0.3) is 0 Å². The van der Waals surface area contributed by atoms with Gasteiger partial charge in [0.15, 0.2) is 0 Å². The number of anilines is 3. The highest BCUT2D eigenvalue weighted by Crippen LogP contribution is 2.61. The number of nitrogens with zero attached hydrogens (tertiary/aromatic N) is 2. The van der Waals surface area contributed by atoms with Crippen LogP contribution in [0.1, 0.15) is 44.1 Å². The number of hydrogen-bond acceptors (Lipinski definition) is 2. The van der Waals surface area contributed by atoms with Crippen molar-refractivity contribution < 1.29 is 0 Å². The van der Waals surface area contributed by atoms with E-state index >= 15 is 0 Å². The Balaban J connectivity index is 0.870. The molecule has 2 nitrogen and oxygen atoms in total. The molecule has 0 radical (unpaired) electrons. The summed E-state index contributed by atoms with van der Waals surface area (Å²) in [4.78, 5) is 2.45. The Morgan fingerprint density at radius 1 is 0.410 bits per heavy atom. The van der Waals surface area contributed by atoms with Crippen LogP contribution in [0.25, 0.3) is 69.9 Å². The summed E-state index contributed by atoms with van der Waals surface area (Å²) in [7, 11) is 0. The predicted molar refractivity (Wildman–Crippen MR) is 259 cm³/mol. The molecule has 2 aromatic heterocycles. The number of thiophene rings is 1. The van der Waals surface area contributed by atoms with Gasteiger partial charge in [-0.15, -0.1) is 11.3 Å². The van der Waals surface area contributed by atoms with E-state index in [1.165, 1.54) is 114 Å². The molecule has 0 atom stereocenters. The van der Waals surface area contributed by atoms with Crippen LogP contribution in [-0.4, -0.2) is 4.57 Å². The topological polar surface area (TPSA) is 8.17 Å². The van der Waals surface area contributed by atoms with E-state index in [-0.39, 0.29) is 0 Å². The second-order valence-electron chi connectivity index (χ2n) is 18.4. The molecule has 8 aromatic carbocycles. The van der Waals surface area contributed by atoms with Gasteiger partial charge in [-0.25, -0.2) is 0 Å². The Bertz CT molecular complexity index is 3230. The molecule has 61 heavy (non-hydrogen) atoms. The molecule has 4 fully saturated rings. The third kappa shape index (κ3) is 5.81. The van der Waals surface area contributed by atoms with E-state index in [2.05, 4.69) is 198 Å². The van der Waals surface area contributed by atoms with Crippen LogP contribution in [0.5, 0.6) is 0 Å². The van der Waals surface area contributed by atoms with Gasteiger partial charge >= 0.3 is 0 Å². The Labute approximate surface area is 361 Å². The predicted octanol–water partition coefficient (Wildman–Crippen LogP) is 16.4. The lowest BCUT2D eigenvalue weighted by Crippen LogP contribution is -2.48. The van der Waals surface area contributed by atoms with Crippen molar-refractivity contribution in [1.82, 2.24) is 4.57 Å². The smallest absolute Gasteiger partial charge is 0.0541 e. The van der Waals surface area contributed by atoms with Crippen molar-refractivity contribution in [3.63, 3.8) is 0 Å². The van der Waals surface area contributed by atoms with E-state index in [1.54, 1.807) is 5.56 Å². The molecule has 0 amide bonds. The summed E-state index contributed by atoms with van der Waals surface area (Å²) in [5, 5.41) is 5.23. The van der Waals surface area contributed by atoms with Crippen LogP contribution >= 0.6 is 11.3 Å². The highest BCUT2D eigenvalue weighted by molar-refractivity contribution is 7.25. The number of benzene rings is 8. The van der Waals surface area contributed by atoms with Crippen molar-refractivity contribution in [2.24, 2.45) is 17.8 Å². The van der Waals surface area contributed by atoms with Crippen molar-refractivity contribution in [3.8, 4) is 27.9 Å². The molecule has 4 saturated carbocycles. The summed E-state index contributed by atoms with van der Waals surface area (Å²) >= 11 is 1.88. The molecule has 0 saturated heterocycles. The van der Waals surface area contributed by atoms with Crippen LogP contribution in [0.4, 0.5) is 17.1 Å². The van der Waals surface area contributed by atoms with Gasteiger partial charge in [0.05, 0.1) is 11.0 Å². The minimum atomic E-state index is 0.380. The van der Waals surface area contributed by atoms with Crippen LogP contribution < -0.4 is 4.90 Å². The quantitative estimate of drug-likeness (QED) is 0.156. The van der Waals surface area contributed by atoms with Crippen LogP contribution in [0, 0.1) is 17.8 Å². The Morgan fingerprint density at radius 3 is 1.59 bits per heavy atom. The highest BCUT2D eigenvalue weighted by atomic mass is 32.1. The summed E-state index contributed by atoms with van der Waals surface area (Å²) in [6, 6.07) is 70.4. The van der Waals surface area contributed by atoms with Gasteiger partial charge in [0, 0.05) is 53.7 Å². The first-order chi connectivity index (χ1) is 30.1. The van der Waals surface area contributed by atoms with E-state index in [1.807, 2.05) is 11.3 Å². The fraction of sp³-hybridized carbons (Fsp3) is 0.172. The van der Waals surface area contributed by atoms with E-state index in [0.29, 0.717) is 5.41 Å². The lowest BCUT2D eigenvalue weighted by Gasteiger charge is -2.57. The van der Waals surface area contributed by atoms with Crippen molar-refractivity contribution in [2.45, 2.75) is 43.9 Å². The maximum Gasteiger partial charge on any atom is 0.0541 e.